The third kappa shape index (κ3) is 3.45. The summed E-state index contributed by atoms with van der Waals surface area (Å²) in [6, 6.07) is 15.2. The quantitative estimate of drug-likeness (QED) is 0.878. The molecule has 0 saturated carbocycles. The molecule has 1 amide bonds. The van der Waals surface area contributed by atoms with Gasteiger partial charge in [0.15, 0.2) is 0 Å². The Morgan fingerprint density at radius 1 is 1.04 bits per heavy atom. The Morgan fingerprint density at radius 3 is 2.38 bits per heavy atom. The van der Waals surface area contributed by atoms with Crippen molar-refractivity contribution in [2.75, 3.05) is 43.4 Å². The molecule has 3 rings (SSSR count). The van der Waals surface area contributed by atoms with Crippen molar-refractivity contribution < 1.29 is 9.53 Å². The van der Waals surface area contributed by atoms with Gasteiger partial charge in [-0.15, -0.1) is 0 Å². The van der Waals surface area contributed by atoms with Gasteiger partial charge in [0.05, 0.1) is 12.3 Å². The first-order valence-corrected chi connectivity index (χ1v) is 8.30. The molecule has 2 aromatic carbocycles. The Kier molecular flexibility index (Phi) is 4.89. The van der Waals surface area contributed by atoms with E-state index in [1.807, 2.05) is 30.0 Å². The number of ether oxygens (including phenoxy) is 1. The van der Waals surface area contributed by atoms with Gasteiger partial charge in [-0.05, 0) is 43.3 Å². The summed E-state index contributed by atoms with van der Waals surface area (Å²) < 4.78 is 5.71. The van der Waals surface area contributed by atoms with Gasteiger partial charge in [0.25, 0.3) is 5.91 Å². The van der Waals surface area contributed by atoms with E-state index in [1.165, 1.54) is 0 Å². The summed E-state index contributed by atoms with van der Waals surface area (Å²) in [5.74, 6) is 0.964. The predicted molar refractivity (Wildman–Crippen MR) is 96.6 cm³/mol. The van der Waals surface area contributed by atoms with Crippen LogP contribution in [0.1, 0.15) is 17.3 Å². The molecule has 0 radical (unpaired) electrons. The molecule has 0 aromatic heterocycles. The summed E-state index contributed by atoms with van der Waals surface area (Å²) in [6.07, 6.45) is 0. The smallest absolute Gasteiger partial charge is 0.253 e. The molecule has 0 aliphatic carbocycles. The lowest BCUT2D eigenvalue weighted by atomic mass is 10.1. The van der Waals surface area contributed by atoms with Gasteiger partial charge in [0, 0.05) is 37.4 Å². The minimum absolute atomic E-state index is 0.0627. The SMILES string of the molecule is CCOc1ccccc1N1CCN(C(=O)c2ccc(N)cc2)CC1. The predicted octanol–water partition coefficient (Wildman–Crippen LogP) is 2.63. The van der Waals surface area contributed by atoms with Crippen LogP contribution in [-0.4, -0.2) is 43.6 Å². The maximum absolute atomic E-state index is 12.6. The van der Waals surface area contributed by atoms with Crippen molar-refractivity contribution >= 4 is 17.3 Å². The average molecular weight is 325 g/mol. The number of hydrogen-bond acceptors (Lipinski definition) is 4. The molecule has 1 fully saturated rings. The summed E-state index contributed by atoms with van der Waals surface area (Å²) >= 11 is 0. The highest BCUT2D eigenvalue weighted by Gasteiger charge is 2.23. The number of benzene rings is 2. The van der Waals surface area contributed by atoms with Crippen molar-refractivity contribution in [1.82, 2.24) is 4.90 Å². The highest BCUT2D eigenvalue weighted by molar-refractivity contribution is 5.94. The fourth-order valence-electron chi connectivity index (χ4n) is 2.95. The van der Waals surface area contributed by atoms with Gasteiger partial charge in [-0.25, -0.2) is 0 Å². The number of nitrogens with zero attached hydrogens (tertiary/aromatic N) is 2. The highest BCUT2D eigenvalue weighted by atomic mass is 16.5. The minimum atomic E-state index is 0.0627. The van der Waals surface area contributed by atoms with Crippen LogP contribution < -0.4 is 15.4 Å². The number of piperazine rings is 1. The molecule has 0 bridgehead atoms. The monoisotopic (exact) mass is 325 g/mol. The zero-order chi connectivity index (χ0) is 16.9. The summed E-state index contributed by atoms with van der Waals surface area (Å²) in [7, 11) is 0. The third-order valence-corrected chi connectivity index (χ3v) is 4.23. The Labute approximate surface area is 142 Å². The van der Waals surface area contributed by atoms with Gasteiger partial charge < -0.3 is 20.3 Å². The molecule has 24 heavy (non-hydrogen) atoms. The molecule has 1 saturated heterocycles. The van der Waals surface area contributed by atoms with Crippen LogP contribution >= 0.6 is 0 Å². The molecule has 5 nitrogen and oxygen atoms in total. The molecule has 0 spiro atoms. The summed E-state index contributed by atoms with van der Waals surface area (Å²) in [6.45, 7) is 5.62. The van der Waals surface area contributed by atoms with Crippen LogP contribution in [0.2, 0.25) is 0 Å². The minimum Gasteiger partial charge on any atom is -0.492 e. The van der Waals surface area contributed by atoms with Gasteiger partial charge in [0.2, 0.25) is 0 Å². The van der Waals surface area contributed by atoms with Gasteiger partial charge in [-0.2, -0.15) is 0 Å². The molecule has 1 aliphatic heterocycles. The first-order valence-electron chi connectivity index (χ1n) is 8.30. The van der Waals surface area contributed by atoms with Gasteiger partial charge in [0.1, 0.15) is 5.75 Å². The third-order valence-electron chi connectivity index (χ3n) is 4.23. The fourth-order valence-corrected chi connectivity index (χ4v) is 2.95. The summed E-state index contributed by atoms with van der Waals surface area (Å²) in [4.78, 5) is 16.7. The molecule has 1 aliphatic rings. The maximum Gasteiger partial charge on any atom is 0.253 e. The lowest BCUT2D eigenvalue weighted by Crippen LogP contribution is -2.48. The number of hydrogen-bond donors (Lipinski definition) is 1. The van der Waals surface area contributed by atoms with Gasteiger partial charge >= 0.3 is 0 Å². The van der Waals surface area contributed by atoms with Crippen LogP contribution in [0.15, 0.2) is 48.5 Å². The zero-order valence-corrected chi connectivity index (χ0v) is 13.9. The number of carbonyl (C=O) groups is 1. The molecule has 126 valence electrons. The molecular weight excluding hydrogens is 302 g/mol. The van der Waals surface area contributed by atoms with Crippen molar-refractivity contribution in [1.29, 1.82) is 0 Å². The number of nitrogens with two attached hydrogens (primary N) is 1. The van der Waals surface area contributed by atoms with E-state index in [9.17, 15) is 4.79 Å². The first kappa shape index (κ1) is 16.2. The van der Waals surface area contributed by atoms with E-state index in [0.29, 0.717) is 30.9 Å². The van der Waals surface area contributed by atoms with E-state index >= 15 is 0 Å². The van der Waals surface area contributed by atoms with Crippen LogP contribution in [0.4, 0.5) is 11.4 Å². The van der Waals surface area contributed by atoms with E-state index in [4.69, 9.17) is 10.5 Å². The van der Waals surface area contributed by atoms with Crippen LogP contribution in [0.3, 0.4) is 0 Å². The Balaban J connectivity index is 1.65. The number of para-hydroxylation sites is 2. The first-order chi connectivity index (χ1) is 11.7. The molecule has 0 atom stereocenters. The Bertz CT molecular complexity index is 692. The van der Waals surface area contributed by atoms with Crippen LogP contribution in [-0.2, 0) is 0 Å². The summed E-state index contributed by atoms with van der Waals surface area (Å²) in [5, 5.41) is 0. The normalized spacial score (nSPS) is 14.5. The molecule has 0 unspecified atom stereocenters. The van der Waals surface area contributed by atoms with Crippen LogP contribution in [0.5, 0.6) is 5.75 Å². The zero-order valence-electron chi connectivity index (χ0n) is 13.9. The van der Waals surface area contributed by atoms with Crippen LogP contribution in [0.25, 0.3) is 0 Å². The Hall–Kier alpha value is -2.69. The maximum atomic E-state index is 12.6. The topological polar surface area (TPSA) is 58.8 Å². The van der Waals surface area contributed by atoms with Crippen LogP contribution in [0, 0.1) is 0 Å². The summed E-state index contributed by atoms with van der Waals surface area (Å²) in [5.41, 5.74) is 8.14. The number of anilines is 2. The van der Waals surface area contributed by atoms with Crippen molar-refractivity contribution in [2.45, 2.75) is 6.92 Å². The van der Waals surface area contributed by atoms with Crippen molar-refractivity contribution in [3.63, 3.8) is 0 Å². The molecule has 2 N–H and O–H groups in total. The standard InChI is InChI=1S/C19H23N3O2/c1-2-24-18-6-4-3-5-17(18)21-11-13-22(14-12-21)19(23)15-7-9-16(20)10-8-15/h3-10H,2,11-14,20H2,1H3. The number of nitrogen functional groups attached to an aromatic ring is 1. The molecule has 2 aromatic rings. The number of amides is 1. The van der Waals surface area contributed by atoms with E-state index in [2.05, 4.69) is 11.0 Å². The fraction of sp³-hybridized carbons (Fsp3) is 0.316. The van der Waals surface area contributed by atoms with E-state index in [1.54, 1.807) is 24.3 Å². The highest BCUT2D eigenvalue weighted by Crippen LogP contribution is 2.29. The van der Waals surface area contributed by atoms with E-state index in [0.717, 1.165) is 24.5 Å². The number of carbonyl (C=O) groups excluding carboxylic acids is 1. The largest absolute Gasteiger partial charge is 0.492 e. The molecular formula is C19H23N3O2. The molecule has 1 heterocycles. The van der Waals surface area contributed by atoms with E-state index in [-0.39, 0.29) is 5.91 Å². The second-order valence-corrected chi connectivity index (χ2v) is 5.80. The van der Waals surface area contributed by atoms with Crippen molar-refractivity contribution in [2.24, 2.45) is 0 Å². The second kappa shape index (κ2) is 7.25. The van der Waals surface area contributed by atoms with Crippen molar-refractivity contribution in [3.8, 4) is 5.75 Å². The lowest BCUT2D eigenvalue weighted by molar-refractivity contribution is 0.0746. The van der Waals surface area contributed by atoms with Gasteiger partial charge in [-0.1, -0.05) is 12.1 Å². The Morgan fingerprint density at radius 2 is 1.71 bits per heavy atom. The van der Waals surface area contributed by atoms with E-state index < -0.39 is 0 Å². The van der Waals surface area contributed by atoms with Crippen molar-refractivity contribution in [3.05, 3.63) is 54.1 Å². The number of rotatable bonds is 4. The second-order valence-electron chi connectivity index (χ2n) is 5.80. The average Bonchev–Trinajstić information content (AvgIpc) is 2.63. The molecule has 5 heteroatoms. The van der Waals surface area contributed by atoms with Gasteiger partial charge in [-0.3, -0.25) is 4.79 Å². The lowest BCUT2D eigenvalue weighted by Gasteiger charge is -2.36.